The molecule has 0 aliphatic heterocycles. The zero-order valence-corrected chi connectivity index (χ0v) is 11.1. The van der Waals surface area contributed by atoms with Crippen molar-refractivity contribution in [2.45, 2.75) is 27.2 Å². The van der Waals surface area contributed by atoms with E-state index in [2.05, 4.69) is 9.46 Å². The summed E-state index contributed by atoms with van der Waals surface area (Å²) < 4.78 is 30.0. The second kappa shape index (κ2) is 6.85. The lowest BCUT2D eigenvalue weighted by atomic mass is 10.1. The monoisotopic (exact) mass is 251 g/mol. The average Bonchev–Trinajstić information content (AvgIpc) is 2.14. The first kappa shape index (κ1) is 15.4. The molecule has 96 valence electrons. The van der Waals surface area contributed by atoms with Gasteiger partial charge in [-0.2, -0.15) is 0 Å². The number of carbonyl (C=O) groups excluding carboxylic acids is 1. The van der Waals surface area contributed by atoms with Crippen LogP contribution >= 0.6 is 0 Å². The van der Waals surface area contributed by atoms with Crippen molar-refractivity contribution in [2.75, 3.05) is 19.4 Å². The number of nitrogens with one attached hydrogen (secondary N) is 1. The summed E-state index contributed by atoms with van der Waals surface area (Å²) in [4.78, 5) is 11.1. The SMILES string of the molecule is COC(=O)[C@@H](C)CS(=O)(=O)NCCC(C)C. The molecule has 0 fully saturated rings. The fraction of sp³-hybridized carbons (Fsp3) is 0.900. The van der Waals surface area contributed by atoms with Gasteiger partial charge in [-0.05, 0) is 12.3 Å². The van der Waals surface area contributed by atoms with Crippen LogP contribution in [0.5, 0.6) is 0 Å². The van der Waals surface area contributed by atoms with Crippen molar-refractivity contribution in [1.29, 1.82) is 0 Å². The van der Waals surface area contributed by atoms with Gasteiger partial charge in [0.2, 0.25) is 10.0 Å². The Morgan fingerprint density at radius 3 is 2.31 bits per heavy atom. The molecule has 0 heterocycles. The van der Waals surface area contributed by atoms with Gasteiger partial charge in [0.05, 0.1) is 18.8 Å². The van der Waals surface area contributed by atoms with Crippen LogP contribution in [0.25, 0.3) is 0 Å². The molecule has 0 unspecified atom stereocenters. The van der Waals surface area contributed by atoms with Crippen LogP contribution in [0.1, 0.15) is 27.2 Å². The Bertz CT molecular complexity index is 311. The van der Waals surface area contributed by atoms with E-state index >= 15 is 0 Å². The molecule has 0 aliphatic rings. The van der Waals surface area contributed by atoms with Crippen molar-refractivity contribution in [3.63, 3.8) is 0 Å². The van der Waals surface area contributed by atoms with Crippen LogP contribution in [0.15, 0.2) is 0 Å². The predicted molar refractivity (Wildman–Crippen MR) is 62.4 cm³/mol. The number of ether oxygens (including phenoxy) is 1. The molecule has 0 aromatic carbocycles. The second-order valence-electron chi connectivity index (χ2n) is 4.28. The molecule has 0 spiro atoms. The molecule has 1 N–H and O–H groups in total. The Labute approximate surface area is 97.6 Å². The highest BCUT2D eigenvalue weighted by Crippen LogP contribution is 2.03. The summed E-state index contributed by atoms with van der Waals surface area (Å²) in [5.74, 6) is -0.922. The van der Waals surface area contributed by atoms with Crippen LogP contribution in [0.3, 0.4) is 0 Å². The van der Waals surface area contributed by atoms with E-state index < -0.39 is 21.9 Å². The van der Waals surface area contributed by atoms with Gasteiger partial charge < -0.3 is 4.74 Å². The molecule has 16 heavy (non-hydrogen) atoms. The summed E-state index contributed by atoms with van der Waals surface area (Å²) in [5.41, 5.74) is 0. The Morgan fingerprint density at radius 1 is 1.31 bits per heavy atom. The Morgan fingerprint density at radius 2 is 1.88 bits per heavy atom. The molecule has 5 nitrogen and oxygen atoms in total. The zero-order chi connectivity index (χ0) is 12.8. The lowest BCUT2D eigenvalue weighted by Crippen LogP contribution is -2.33. The molecule has 0 rings (SSSR count). The molecule has 6 heteroatoms. The maximum absolute atomic E-state index is 11.5. The van der Waals surface area contributed by atoms with Crippen LogP contribution in [0, 0.1) is 11.8 Å². The molecule has 0 radical (unpaired) electrons. The van der Waals surface area contributed by atoms with Crippen molar-refractivity contribution in [3.8, 4) is 0 Å². The molecular formula is C10H21NO4S. The lowest BCUT2D eigenvalue weighted by Gasteiger charge is -2.11. The van der Waals surface area contributed by atoms with Crippen molar-refractivity contribution in [3.05, 3.63) is 0 Å². The van der Waals surface area contributed by atoms with Gasteiger partial charge in [0.15, 0.2) is 0 Å². The number of hydrogen-bond acceptors (Lipinski definition) is 4. The van der Waals surface area contributed by atoms with Crippen molar-refractivity contribution < 1.29 is 17.9 Å². The lowest BCUT2D eigenvalue weighted by molar-refractivity contribution is -0.144. The van der Waals surface area contributed by atoms with E-state index in [-0.39, 0.29) is 5.75 Å². The van der Waals surface area contributed by atoms with E-state index in [1.807, 2.05) is 13.8 Å². The van der Waals surface area contributed by atoms with Gasteiger partial charge in [0.25, 0.3) is 0 Å². The minimum absolute atomic E-state index is 0.224. The molecule has 0 saturated carbocycles. The molecule has 0 saturated heterocycles. The fourth-order valence-electron chi connectivity index (χ4n) is 1.16. The number of esters is 1. The maximum atomic E-state index is 11.5. The molecule has 0 amide bonds. The maximum Gasteiger partial charge on any atom is 0.309 e. The third-order valence-electron chi connectivity index (χ3n) is 2.12. The van der Waals surface area contributed by atoms with Gasteiger partial charge >= 0.3 is 5.97 Å². The van der Waals surface area contributed by atoms with Crippen LogP contribution in [0.4, 0.5) is 0 Å². The van der Waals surface area contributed by atoms with Crippen LogP contribution in [0.2, 0.25) is 0 Å². The van der Waals surface area contributed by atoms with Gasteiger partial charge in [-0.3, -0.25) is 4.79 Å². The highest BCUT2D eigenvalue weighted by Gasteiger charge is 2.21. The molecular weight excluding hydrogens is 230 g/mol. The first-order valence-corrected chi connectivity index (χ1v) is 6.99. The first-order chi connectivity index (χ1) is 7.28. The van der Waals surface area contributed by atoms with Gasteiger partial charge in [-0.15, -0.1) is 0 Å². The van der Waals surface area contributed by atoms with Gasteiger partial charge in [0.1, 0.15) is 0 Å². The predicted octanol–water partition coefficient (Wildman–Crippen LogP) is 0.761. The third-order valence-corrected chi connectivity index (χ3v) is 3.70. The number of methoxy groups -OCH3 is 1. The summed E-state index contributed by atoms with van der Waals surface area (Å²) in [7, 11) is -2.13. The molecule has 0 aromatic heterocycles. The van der Waals surface area contributed by atoms with E-state index in [0.717, 1.165) is 6.42 Å². The summed E-state index contributed by atoms with van der Waals surface area (Å²) in [6.07, 6.45) is 0.784. The van der Waals surface area contributed by atoms with Gasteiger partial charge in [0, 0.05) is 6.54 Å². The van der Waals surface area contributed by atoms with Crippen molar-refractivity contribution in [1.82, 2.24) is 4.72 Å². The standard InChI is InChI=1S/C10H21NO4S/c1-8(2)5-6-11-16(13,14)7-9(3)10(12)15-4/h8-9,11H,5-7H2,1-4H3/t9-/m0/s1. The Hall–Kier alpha value is -0.620. The smallest absolute Gasteiger partial charge is 0.309 e. The van der Waals surface area contributed by atoms with Crippen LogP contribution in [-0.4, -0.2) is 33.8 Å². The highest BCUT2D eigenvalue weighted by molar-refractivity contribution is 7.89. The summed E-state index contributed by atoms with van der Waals surface area (Å²) in [6.45, 7) is 5.98. The molecule has 0 bridgehead atoms. The summed E-state index contributed by atoms with van der Waals surface area (Å²) in [5, 5.41) is 0. The average molecular weight is 251 g/mol. The minimum Gasteiger partial charge on any atom is -0.469 e. The zero-order valence-electron chi connectivity index (χ0n) is 10.3. The van der Waals surface area contributed by atoms with E-state index in [9.17, 15) is 13.2 Å². The van der Waals surface area contributed by atoms with E-state index in [0.29, 0.717) is 12.5 Å². The normalized spacial score (nSPS) is 13.8. The third kappa shape index (κ3) is 6.79. The van der Waals surface area contributed by atoms with E-state index in [4.69, 9.17) is 0 Å². The Kier molecular flexibility index (Phi) is 6.59. The van der Waals surface area contributed by atoms with E-state index in [1.54, 1.807) is 0 Å². The topological polar surface area (TPSA) is 72.5 Å². The second-order valence-corrected chi connectivity index (χ2v) is 6.13. The van der Waals surface area contributed by atoms with Crippen LogP contribution in [-0.2, 0) is 19.6 Å². The highest BCUT2D eigenvalue weighted by atomic mass is 32.2. The summed E-state index contributed by atoms with van der Waals surface area (Å²) in [6, 6.07) is 0. The Balaban J connectivity index is 4.10. The number of carbonyl (C=O) groups is 1. The van der Waals surface area contributed by atoms with Crippen LogP contribution < -0.4 is 4.72 Å². The molecule has 0 aliphatic carbocycles. The molecule has 1 atom stereocenters. The number of hydrogen-bond donors (Lipinski definition) is 1. The summed E-state index contributed by atoms with van der Waals surface area (Å²) >= 11 is 0. The first-order valence-electron chi connectivity index (χ1n) is 5.33. The fourth-order valence-corrected chi connectivity index (χ4v) is 2.50. The number of rotatable bonds is 7. The van der Waals surface area contributed by atoms with Gasteiger partial charge in [-0.25, -0.2) is 13.1 Å². The minimum atomic E-state index is -3.38. The van der Waals surface area contributed by atoms with Crippen molar-refractivity contribution in [2.24, 2.45) is 11.8 Å². The van der Waals surface area contributed by atoms with Crippen molar-refractivity contribution >= 4 is 16.0 Å². The van der Waals surface area contributed by atoms with Gasteiger partial charge in [-0.1, -0.05) is 20.8 Å². The number of sulfonamides is 1. The largest absolute Gasteiger partial charge is 0.469 e. The van der Waals surface area contributed by atoms with E-state index in [1.165, 1.54) is 14.0 Å². The molecule has 0 aromatic rings. The quantitative estimate of drug-likeness (QED) is 0.678.